The van der Waals surface area contributed by atoms with Crippen molar-refractivity contribution in [1.29, 1.82) is 0 Å². The van der Waals surface area contributed by atoms with Crippen molar-refractivity contribution in [2.45, 2.75) is 26.8 Å². The van der Waals surface area contributed by atoms with Crippen LogP contribution in [-0.2, 0) is 17.8 Å². The number of aromatic nitrogens is 4. The Morgan fingerprint density at radius 2 is 1.82 bits per heavy atom. The summed E-state index contributed by atoms with van der Waals surface area (Å²) in [5, 5.41) is 8.65. The monoisotopic (exact) mass is 373 g/mol. The van der Waals surface area contributed by atoms with E-state index in [0.29, 0.717) is 6.54 Å². The summed E-state index contributed by atoms with van der Waals surface area (Å²) < 4.78 is 3.65. The molecule has 3 heterocycles. The molecule has 1 N–H and O–H groups in total. The minimum absolute atomic E-state index is 0.0691. The standard InChI is InChI=1S/C22H23N5O/c1-16-14-17(2)24-21-20(16)22(26-12-6-7-13-26)25-27(21)15-19(28)23-11-10-18-8-4-3-5-9-18/h3-9,12-14H,10-11,15H2,1-2H3,(H,23,28). The van der Waals surface area contributed by atoms with E-state index in [2.05, 4.69) is 29.4 Å². The molecule has 1 aromatic carbocycles. The Bertz CT molecular complexity index is 1100. The Hall–Kier alpha value is -3.41. The van der Waals surface area contributed by atoms with Crippen molar-refractivity contribution < 1.29 is 4.79 Å². The number of carbonyl (C=O) groups is 1. The second-order valence-corrected chi connectivity index (χ2v) is 6.94. The van der Waals surface area contributed by atoms with Crippen molar-refractivity contribution in [3.8, 4) is 5.82 Å². The number of nitrogens with one attached hydrogen (secondary N) is 1. The molecule has 0 fully saturated rings. The molecule has 3 aromatic heterocycles. The van der Waals surface area contributed by atoms with Gasteiger partial charge >= 0.3 is 0 Å². The van der Waals surface area contributed by atoms with Crippen LogP contribution in [0.15, 0.2) is 60.9 Å². The maximum absolute atomic E-state index is 12.5. The van der Waals surface area contributed by atoms with Crippen LogP contribution in [0.2, 0.25) is 0 Å². The van der Waals surface area contributed by atoms with E-state index in [1.165, 1.54) is 5.56 Å². The van der Waals surface area contributed by atoms with Gasteiger partial charge in [-0.2, -0.15) is 5.10 Å². The Morgan fingerprint density at radius 3 is 2.57 bits per heavy atom. The van der Waals surface area contributed by atoms with Crippen molar-refractivity contribution in [1.82, 2.24) is 24.6 Å². The lowest BCUT2D eigenvalue weighted by atomic mass is 10.1. The zero-order valence-corrected chi connectivity index (χ0v) is 16.1. The number of aryl methyl sites for hydroxylation is 2. The van der Waals surface area contributed by atoms with Gasteiger partial charge in [0.15, 0.2) is 11.5 Å². The predicted octanol–water partition coefficient (Wildman–Crippen LogP) is 3.20. The number of amides is 1. The average Bonchev–Trinajstić information content (AvgIpc) is 3.31. The molecule has 0 spiro atoms. The van der Waals surface area contributed by atoms with Crippen molar-refractivity contribution in [2.24, 2.45) is 0 Å². The van der Waals surface area contributed by atoms with Crippen LogP contribution in [0.5, 0.6) is 0 Å². The smallest absolute Gasteiger partial charge is 0.241 e. The molecule has 0 radical (unpaired) electrons. The molecule has 6 heteroatoms. The third kappa shape index (κ3) is 3.67. The fraction of sp³-hybridized carbons (Fsp3) is 0.227. The lowest BCUT2D eigenvalue weighted by Crippen LogP contribution is -2.29. The molecule has 6 nitrogen and oxygen atoms in total. The highest BCUT2D eigenvalue weighted by Gasteiger charge is 2.17. The van der Waals surface area contributed by atoms with Crippen LogP contribution in [0.1, 0.15) is 16.8 Å². The zero-order chi connectivity index (χ0) is 19.5. The van der Waals surface area contributed by atoms with Gasteiger partial charge in [-0.15, -0.1) is 0 Å². The fourth-order valence-electron chi connectivity index (χ4n) is 3.44. The fourth-order valence-corrected chi connectivity index (χ4v) is 3.44. The minimum Gasteiger partial charge on any atom is -0.354 e. The van der Waals surface area contributed by atoms with Gasteiger partial charge in [0.25, 0.3) is 0 Å². The van der Waals surface area contributed by atoms with Gasteiger partial charge in [-0.3, -0.25) is 4.79 Å². The molecule has 0 aliphatic carbocycles. The summed E-state index contributed by atoms with van der Waals surface area (Å²) in [4.78, 5) is 17.2. The highest BCUT2D eigenvalue weighted by Crippen LogP contribution is 2.25. The Kier molecular flexibility index (Phi) is 4.93. The number of hydrogen-bond donors (Lipinski definition) is 1. The third-order valence-electron chi connectivity index (χ3n) is 4.73. The molecule has 142 valence electrons. The summed E-state index contributed by atoms with van der Waals surface area (Å²) in [7, 11) is 0. The maximum Gasteiger partial charge on any atom is 0.241 e. The molecule has 4 aromatic rings. The van der Waals surface area contributed by atoms with Crippen LogP contribution in [0.4, 0.5) is 0 Å². The lowest BCUT2D eigenvalue weighted by molar-refractivity contribution is -0.121. The molecule has 0 saturated heterocycles. The summed E-state index contributed by atoms with van der Waals surface area (Å²) in [6, 6.07) is 16.1. The van der Waals surface area contributed by atoms with Crippen molar-refractivity contribution in [2.75, 3.05) is 6.54 Å². The first kappa shape index (κ1) is 18.0. The number of carbonyl (C=O) groups excluding carboxylic acids is 1. The van der Waals surface area contributed by atoms with E-state index in [1.54, 1.807) is 4.68 Å². The first-order chi connectivity index (χ1) is 13.6. The number of hydrogen-bond acceptors (Lipinski definition) is 3. The van der Waals surface area contributed by atoms with Gasteiger partial charge in [-0.05, 0) is 49.6 Å². The molecular weight excluding hydrogens is 350 g/mol. The van der Waals surface area contributed by atoms with Crippen molar-refractivity contribution >= 4 is 16.9 Å². The van der Waals surface area contributed by atoms with Crippen LogP contribution in [0.25, 0.3) is 16.9 Å². The summed E-state index contributed by atoms with van der Waals surface area (Å²) in [5.41, 5.74) is 3.95. The van der Waals surface area contributed by atoms with Crippen LogP contribution in [0, 0.1) is 13.8 Å². The van der Waals surface area contributed by atoms with Crippen molar-refractivity contribution in [3.05, 3.63) is 77.7 Å². The highest BCUT2D eigenvalue weighted by molar-refractivity contribution is 5.88. The molecule has 4 rings (SSSR count). The van der Waals surface area contributed by atoms with E-state index in [-0.39, 0.29) is 12.5 Å². The highest BCUT2D eigenvalue weighted by atomic mass is 16.2. The van der Waals surface area contributed by atoms with E-state index in [1.807, 2.05) is 60.3 Å². The number of nitrogens with zero attached hydrogens (tertiary/aromatic N) is 4. The van der Waals surface area contributed by atoms with E-state index < -0.39 is 0 Å². The van der Waals surface area contributed by atoms with Crippen LogP contribution < -0.4 is 5.32 Å². The van der Waals surface area contributed by atoms with Gasteiger partial charge < -0.3 is 9.88 Å². The van der Waals surface area contributed by atoms with Gasteiger partial charge in [0, 0.05) is 24.6 Å². The number of pyridine rings is 1. The number of fused-ring (bicyclic) bond motifs is 1. The Balaban J connectivity index is 1.55. The summed E-state index contributed by atoms with van der Waals surface area (Å²) in [6.45, 7) is 4.75. The van der Waals surface area contributed by atoms with Gasteiger partial charge in [-0.25, -0.2) is 9.67 Å². The van der Waals surface area contributed by atoms with E-state index in [9.17, 15) is 4.79 Å². The normalized spacial score (nSPS) is 11.1. The SMILES string of the molecule is Cc1cc(C)c2c(-n3cccc3)nn(CC(=O)NCCc3ccccc3)c2n1. The molecule has 0 aliphatic rings. The Labute approximate surface area is 163 Å². The largest absolute Gasteiger partial charge is 0.354 e. The molecule has 0 aliphatic heterocycles. The molecule has 1 amide bonds. The minimum atomic E-state index is -0.0691. The quantitative estimate of drug-likeness (QED) is 0.564. The van der Waals surface area contributed by atoms with Crippen LogP contribution >= 0.6 is 0 Å². The molecule has 0 unspecified atom stereocenters. The maximum atomic E-state index is 12.5. The molecule has 0 saturated carbocycles. The van der Waals surface area contributed by atoms with Gasteiger partial charge in [0.2, 0.25) is 5.91 Å². The number of rotatable bonds is 6. The molecule has 0 bridgehead atoms. The third-order valence-corrected chi connectivity index (χ3v) is 4.73. The topological polar surface area (TPSA) is 64.7 Å². The van der Waals surface area contributed by atoms with Crippen molar-refractivity contribution in [3.63, 3.8) is 0 Å². The van der Waals surface area contributed by atoms with Gasteiger partial charge in [-0.1, -0.05) is 30.3 Å². The van der Waals surface area contributed by atoms with E-state index >= 15 is 0 Å². The van der Waals surface area contributed by atoms with E-state index in [4.69, 9.17) is 5.10 Å². The van der Waals surface area contributed by atoms with Crippen LogP contribution in [-0.4, -0.2) is 31.8 Å². The first-order valence-electron chi connectivity index (χ1n) is 9.40. The Morgan fingerprint density at radius 1 is 1.07 bits per heavy atom. The molecule has 28 heavy (non-hydrogen) atoms. The average molecular weight is 373 g/mol. The first-order valence-corrected chi connectivity index (χ1v) is 9.40. The van der Waals surface area contributed by atoms with E-state index in [0.717, 1.165) is 34.5 Å². The number of benzene rings is 1. The summed E-state index contributed by atoms with van der Waals surface area (Å²) in [5.74, 6) is 0.724. The van der Waals surface area contributed by atoms with Gasteiger partial charge in [0.1, 0.15) is 6.54 Å². The zero-order valence-electron chi connectivity index (χ0n) is 16.1. The van der Waals surface area contributed by atoms with Gasteiger partial charge in [0.05, 0.1) is 5.39 Å². The predicted molar refractivity (Wildman–Crippen MR) is 109 cm³/mol. The second-order valence-electron chi connectivity index (χ2n) is 6.94. The molecule has 0 atom stereocenters. The van der Waals surface area contributed by atoms with Crippen LogP contribution in [0.3, 0.4) is 0 Å². The summed E-state index contributed by atoms with van der Waals surface area (Å²) in [6.07, 6.45) is 4.70. The lowest BCUT2D eigenvalue weighted by Gasteiger charge is -2.06. The molecular formula is C22H23N5O. The summed E-state index contributed by atoms with van der Waals surface area (Å²) >= 11 is 0. The second kappa shape index (κ2) is 7.68.